The minimum atomic E-state index is 0.216. The summed E-state index contributed by atoms with van der Waals surface area (Å²) in [6.45, 7) is 13.0. The van der Waals surface area contributed by atoms with Gasteiger partial charge in [0, 0.05) is 50.3 Å². The average Bonchev–Trinajstić information content (AvgIpc) is 2.35. The maximum atomic E-state index is 5.78. The number of rotatable bonds is 11. The average molecular weight is 302 g/mol. The van der Waals surface area contributed by atoms with E-state index in [9.17, 15) is 0 Å². The minimum absolute atomic E-state index is 0.216. The molecule has 0 saturated carbocycles. The van der Waals surface area contributed by atoms with E-state index in [2.05, 4.69) is 69.0 Å². The summed E-state index contributed by atoms with van der Waals surface area (Å²) in [7, 11) is 8.69. The highest BCUT2D eigenvalue weighted by atomic mass is 15.2. The molecule has 0 radical (unpaired) electrons. The quantitative estimate of drug-likeness (QED) is 0.582. The number of nitrogens with zero attached hydrogens (tertiary/aromatic N) is 3. The first-order valence-corrected chi connectivity index (χ1v) is 8.17. The van der Waals surface area contributed by atoms with Crippen LogP contribution in [-0.2, 0) is 0 Å². The summed E-state index contributed by atoms with van der Waals surface area (Å²) >= 11 is 0. The van der Waals surface area contributed by atoms with E-state index in [-0.39, 0.29) is 6.04 Å². The lowest BCUT2D eigenvalue weighted by atomic mass is 10.2. The van der Waals surface area contributed by atoms with Crippen LogP contribution in [0.1, 0.15) is 27.7 Å². The molecule has 0 aliphatic carbocycles. The number of hydrogen-bond acceptors (Lipinski definition) is 5. The molecule has 3 N–H and O–H groups in total. The topological polar surface area (TPSA) is 47.8 Å². The van der Waals surface area contributed by atoms with Gasteiger partial charge in [0.1, 0.15) is 0 Å². The molecule has 0 aromatic carbocycles. The zero-order valence-electron chi connectivity index (χ0n) is 15.6. The molecule has 0 aromatic rings. The number of nitrogens with one attached hydrogen (secondary N) is 1. The van der Waals surface area contributed by atoms with Gasteiger partial charge in [-0.2, -0.15) is 0 Å². The first kappa shape index (κ1) is 20.8. The van der Waals surface area contributed by atoms with E-state index >= 15 is 0 Å². The third-order valence-corrected chi connectivity index (χ3v) is 4.04. The van der Waals surface area contributed by atoms with Gasteiger partial charge in [-0.05, 0) is 55.9 Å². The van der Waals surface area contributed by atoms with E-state index in [1.54, 1.807) is 0 Å². The minimum Gasteiger partial charge on any atom is -0.327 e. The first-order chi connectivity index (χ1) is 9.63. The van der Waals surface area contributed by atoms with Crippen molar-refractivity contribution in [2.45, 2.75) is 51.9 Å². The van der Waals surface area contributed by atoms with Crippen LogP contribution in [0.2, 0.25) is 0 Å². The summed E-state index contributed by atoms with van der Waals surface area (Å²) in [5.41, 5.74) is 5.78. The zero-order valence-corrected chi connectivity index (χ0v) is 15.6. The Kier molecular flexibility index (Phi) is 10.4. The van der Waals surface area contributed by atoms with Crippen LogP contribution in [0.25, 0.3) is 0 Å². The standard InChI is InChI=1S/C16H39N5/c1-13(17)9-18-14(2)10-20(7)16(4)12-21(8)15(3)11-19(5)6/h13-16,18H,9-12,17H2,1-8H3. The first-order valence-electron chi connectivity index (χ1n) is 8.17. The van der Waals surface area contributed by atoms with Crippen molar-refractivity contribution in [1.29, 1.82) is 0 Å². The summed E-state index contributed by atoms with van der Waals surface area (Å²) in [5, 5.41) is 3.48. The molecule has 0 aliphatic rings. The van der Waals surface area contributed by atoms with Gasteiger partial charge in [0.15, 0.2) is 0 Å². The van der Waals surface area contributed by atoms with E-state index in [1.165, 1.54) is 0 Å². The van der Waals surface area contributed by atoms with Gasteiger partial charge in [0.25, 0.3) is 0 Å². The molecule has 21 heavy (non-hydrogen) atoms. The molecule has 0 spiro atoms. The maximum Gasteiger partial charge on any atom is 0.0192 e. The third kappa shape index (κ3) is 10.2. The molecule has 0 aromatic heterocycles. The van der Waals surface area contributed by atoms with Crippen LogP contribution in [0.3, 0.4) is 0 Å². The summed E-state index contributed by atoms with van der Waals surface area (Å²) < 4.78 is 0. The lowest BCUT2D eigenvalue weighted by Gasteiger charge is -2.34. The predicted molar refractivity (Wildman–Crippen MR) is 93.9 cm³/mol. The van der Waals surface area contributed by atoms with E-state index in [4.69, 9.17) is 5.73 Å². The van der Waals surface area contributed by atoms with Crippen LogP contribution in [0.5, 0.6) is 0 Å². The van der Waals surface area contributed by atoms with E-state index in [1.807, 2.05) is 6.92 Å². The predicted octanol–water partition coefficient (Wildman–Crippen LogP) is 0.514. The summed E-state index contributed by atoms with van der Waals surface area (Å²) in [5.74, 6) is 0. The molecule has 0 saturated heterocycles. The zero-order chi connectivity index (χ0) is 16.6. The highest BCUT2D eigenvalue weighted by Crippen LogP contribution is 2.04. The third-order valence-electron chi connectivity index (χ3n) is 4.04. The molecule has 0 amide bonds. The molecule has 0 fully saturated rings. The van der Waals surface area contributed by atoms with Gasteiger partial charge < -0.3 is 25.8 Å². The smallest absolute Gasteiger partial charge is 0.0192 e. The van der Waals surface area contributed by atoms with Crippen molar-refractivity contribution >= 4 is 0 Å². The van der Waals surface area contributed by atoms with Crippen molar-refractivity contribution < 1.29 is 0 Å². The van der Waals surface area contributed by atoms with Crippen molar-refractivity contribution in [2.75, 3.05) is 54.4 Å². The van der Waals surface area contributed by atoms with Crippen LogP contribution in [-0.4, -0.2) is 93.2 Å². The Labute approximate surface area is 132 Å². The van der Waals surface area contributed by atoms with Crippen LogP contribution < -0.4 is 11.1 Å². The Morgan fingerprint density at radius 3 is 1.76 bits per heavy atom. The highest BCUT2D eigenvalue weighted by molar-refractivity contribution is 4.76. The summed E-state index contributed by atoms with van der Waals surface area (Å²) in [6, 6.07) is 1.80. The molecule has 0 bridgehead atoms. The van der Waals surface area contributed by atoms with E-state index < -0.39 is 0 Å². The lowest BCUT2D eigenvalue weighted by molar-refractivity contribution is 0.142. The monoisotopic (exact) mass is 301 g/mol. The van der Waals surface area contributed by atoms with Crippen LogP contribution in [0.4, 0.5) is 0 Å². The highest BCUT2D eigenvalue weighted by Gasteiger charge is 2.17. The van der Waals surface area contributed by atoms with Crippen molar-refractivity contribution in [1.82, 2.24) is 20.0 Å². The van der Waals surface area contributed by atoms with Gasteiger partial charge in [0.2, 0.25) is 0 Å². The normalized spacial score (nSPS) is 18.3. The largest absolute Gasteiger partial charge is 0.327 e. The number of hydrogen-bond donors (Lipinski definition) is 2. The molecule has 4 atom stereocenters. The van der Waals surface area contributed by atoms with Gasteiger partial charge in [-0.25, -0.2) is 0 Å². The molecule has 5 nitrogen and oxygen atoms in total. The Balaban J connectivity index is 4.10. The maximum absolute atomic E-state index is 5.78. The van der Waals surface area contributed by atoms with E-state index in [0.717, 1.165) is 26.2 Å². The summed E-state index contributed by atoms with van der Waals surface area (Å²) in [4.78, 5) is 7.12. The molecule has 0 rings (SSSR count). The van der Waals surface area contributed by atoms with Crippen molar-refractivity contribution in [3.05, 3.63) is 0 Å². The van der Waals surface area contributed by atoms with Crippen molar-refractivity contribution in [2.24, 2.45) is 5.73 Å². The SMILES string of the molecule is CC(N)CNC(C)CN(C)C(C)CN(C)C(C)CN(C)C. The summed E-state index contributed by atoms with van der Waals surface area (Å²) in [6.07, 6.45) is 0. The van der Waals surface area contributed by atoms with E-state index in [0.29, 0.717) is 18.1 Å². The van der Waals surface area contributed by atoms with Gasteiger partial charge in [0.05, 0.1) is 0 Å². The fourth-order valence-corrected chi connectivity index (χ4v) is 2.47. The lowest BCUT2D eigenvalue weighted by Crippen LogP contribution is -2.48. The van der Waals surface area contributed by atoms with Crippen LogP contribution in [0.15, 0.2) is 0 Å². The van der Waals surface area contributed by atoms with Gasteiger partial charge in [-0.3, -0.25) is 0 Å². The molecular weight excluding hydrogens is 262 g/mol. The Hall–Kier alpha value is -0.200. The second kappa shape index (κ2) is 10.5. The molecule has 4 unspecified atom stereocenters. The molecule has 0 aliphatic heterocycles. The molecule has 128 valence electrons. The fourth-order valence-electron chi connectivity index (χ4n) is 2.47. The van der Waals surface area contributed by atoms with Crippen molar-refractivity contribution in [3.63, 3.8) is 0 Å². The Morgan fingerprint density at radius 1 is 0.810 bits per heavy atom. The number of nitrogens with two attached hydrogens (primary N) is 1. The Morgan fingerprint density at radius 2 is 1.29 bits per heavy atom. The fraction of sp³-hybridized carbons (Fsp3) is 1.00. The van der Waals surface area contributed by atoms with Crippen molar-refractivity contribution in [3.8, 4) is 0 Å². The molecule has 0 heterocycles. The molecule has 5 heteroatoms. The van der Waals surface area contributed by atoms with Crippen LogP contribution in [0, 0.1) is 0 Å². The Bertz CT molecular complexity index is 257. The van der Waals surface area contributed by atoms with Gasteiger partial charge >= 0.3 is 0 Å². The van der Waals surface area contributed by atoms with Gasteiger partial charge in [-0.1, -0.05) is 0 Å². The second-order valence-electron chi connectivity index (χ2n) is 7.13. The second-order valence-corrected chi connectivity index (χ2v) is 7.13. The molecular formula is C16H39N5. The van der Waals surface area contributed by atoms with Crippen LogP contribution >= 0.6 is 0 Å². The van der Waals surface area contributed by atoms with Gasteiger partial charge in [-0.15, -0.1) is 0 Å². The number of likely N-dealkylation sites (N-methyl/N-ethyl adjacent to an activating group) is 3.